The molecule has 10 nitrogen and oxygen atoms in total. The molecule has 0 aromatic carbocycles. The molecule has 2 aromatic rings. The van der Waals surface area contributed by atoms with E-state index in [1.807, 2.05) is 0 Å². The maximum atomic E-state index is 14.2. The number of amides is 1. The van der Waals surface area contributed by atoms with Crippen molar-refractivity contribution < 1.29 is 19.1 Å². The molecule has 0 spiro atoms. The van der Waals surface area contributed by atoms with Crippen LogP contribution in [0.4, 0.5) is 10.1 Å². The fraction of sp³-hybridized carbons (Fsp3) is 0.556. The van der Waals surface area contributed by atoms with E-state index in [0.29, 0.717) is 5.69 Å². The predicted octanol–water partition coefficient (Wildman–Crippen LogP) is 1.26. The van der Waals surface area contributed by atoms with Gasteiger partial charge in [-0.15, -0.1) is 5.10 Å². The Labute approximate surface area is 165 Å². The highest BCUT2D eigenvalue weighted by Gasteiger charge is 2.26. The minimum atomic E-state index is -1.36. The van der Waals surface area contributed by atoms with E-state index in [2.05, 4.69) is 15.4 Å². The predicted molar refractivity (Wildman–Crippen MR) is 100 cm³/mol. The molecule has 156 valence electrons. The van der Waals surface area contributed by atoms with E-state index in [1.165, 1.54) is 19.2 Å². The number of halogens is 1. The number of aromatic nitrogens is 5. The van der Waals surface area contributed by atoms with Crippen LogP contribution < -0.4 is 10.5 Å². The zero-order valence-electron chi connectivity index (χ0n) is 16.1. The normalized spacial score (nSPS) is 15.4. The minimum absolute atomic E-state index is 0.00638. The molecule has 0 bridgehead atoms. The van der Waals surface area contributed by atoms with Crippen LogP contribution in [0, 0.1) is 0 Å². The van der Waals surface area contributed by atoms with Gasteiger partial charge in [-0.2, -0.15) is 5.10 Å². The second-order valence-corrected chi connectivity index (χ2v) is 7.12. The summed E-state index contributed by atoms with van der Waals surface area (Å²) in [5.74, 6) is -1.37. The molecule has 11 heteroatoms. The number of nitrogens with zero attached hydrogens (tertiary/aromatic N) is 6. The Bertz CT molecular complexity index is 936. The molecule has 1 N–H and O–H groups in total. The van der Waals surface area contributed by atoms with Crippen molar-refractivity contribution in [3.8, 4) is 0 Å². The molecule has 3 rings (SSSR count). The first kappa shape index (κ1) is 20.6. The largest absolute Gasteiger partial charge is 0.476 e. The van der Waals surface area contributed by atoms with Gasteiger partial charge < -0.3 is 10.0 Å². The number of carboxylic acid groups (broad SMARTS) is 1. The number of hydrogen-bond donors (Lipinski definition) is 1. The summed E-state index contributed by atoms with van der Waals surface area (Å²) in [6.07, 6.45) is 5.15. The van der Waals surface area contributed by atoms with Gasteiger partial charge in [0.25, 0.3) is 5.56 Å². The Morgan fingerprint density at radius 3 is 2.69 bits per heavy atom. The number of hydrogen-bond acceptors (Lipinski definition) is 6. The van der Waals surface area contributed by atoms with E-state index >= 15 is 0 Å². The first-order chi connectivity index (χ1) is 13.8. The van der Waals surface area contributed by atoms with Crippen LogP contribution in [0.1, 0.15) is 49.5 Å². The third-order valence-corrected chi connectivity index (χ3v) is 4.96. The lowest BCUT2D eigenvalue weighted by Gasteiger charge is -2.27. The molecule has 29 heavy (non-hydrogen) atoms. The molecule has 1 saturated carbocycles. The lowest BCUT2D eigenvalue weighted by atomic mass is 10.2. The average molecular weight is 406 g/mol. The summed E-state index contributed by atoms with van der Waals surface area (Å²) in [7, 11) is 0. The third-order valence-electron chi connectivity index (χ3n) is 4.96. The summed E-state index contributed by atoms with van der Waals surface area (Å²) < 4.78 is 16.5. The van der Waals surface area contributed by atoms with Crippen molar-refractivity contribution in [2.45, 2.75) is 64.3 Å². The smallest absolute Gasteiger partial charge is 0.358 e. The van der Waals surface area contributed by atoms with Gasteiger partial charge in [0, 0.05) is 32.0 Å². The van der Waals surface area contributed by atoms with Crippen molar-refractivity contribution in [2.75, 3.05) is 4.90 Å². The SMILES string of the molecule is CC(=O)N(c1cnn(CCC(F)Cn2cc(C(=O)O)nn2)c(=O)c1)C1CCCC1. The fourth-order valence-corrected chi connectivity index (χ4v) is 3.58. The van der Waals surface area contributed by atoms with Gasteiger partial charge in [0.1, 0.15) is 6.17 Å². The Hall–Kier alpha value is -3.11. The van der Waals surface area contributed by atoms with Gasteiger partial charge in [-0.3, -0.25) is 9.59 Å². The van der Waals surface area contributed by atoms with Crippen molar-refractivity contribution in [1.82, 2.24) is 24.8 Å². The summed E-state index contributed by atoms with van der Waals surface area (Å²) >= 11 is 0. The standard InChI is InChI=1S/C18H23FN6O4/c1-12(26)25(14-4-2-3-5-14)15-8-17(27)24(20-9-15)7-6-13(19)10-23-11-16(18(28)29)21-22-23/h8-9,11,13-14H,2-7,10H2,1H3,(H,28,29). The first-order valence-corrected chi connectivity index (χ1v) is 9.49. The summed E-state index contributed by atoms with van der Waals surface area (Å²) in [6, 6.07) is 1.44. The van der Waals surface area contributed by atoms with Gasteiger partial charge in [0.05, 0.1) is 24.6 Å². The van der Waals surface area contributed by atoms with Crippen LogP contribution >= 0.6 is 0 Å². The van der Waals surface area contributed by atoms with E-state index in [-0.39, 0.29) is 37.2 Å². The van der Waals surface area contributed by atoms with Gasteiger partial charge >= 0.3 is 5.97 Å². The van der Waals surface area contributed by atoms with Crippen LogP contribution in [-0.4, -0.2) is 54.0 Å². The summed E-state index contributed by atoms with van der Waals surface area (Å²) in [6.45, 7) is 1.34. The average Bonchev–Trinajstić information content (AvgIpc) is 3.33. The number of aryl methyl sites for hydroxylation is 1. The Balaban J connectivity index is 1.61. The summed E-state index contributed by atoms with van der Waals surface area (Å²) in [4.78, 5) is 36.8. The maximum absolute atomic E-state index is 14.2. The number of aromatic carboxylic acids is 1. The van der Waals surface area contributed by atoms with Crippen LogP contribution in [0.25, 0.3) is 0 Å². The van der Waals surface area contributed by atoms with Gasteiger partial charge in [0.2, 0.25) is 5.91 Å². The second-order valence-electron chi connectivity index (χ2n) is 7.12. The van der Waals surface area contributed by atoms with E-state index < -0.39 is 17.7 Å². The topological polar surface area (TPSA) is 123 Å². The minimum Gasteiger partial charge on any atom is -0.476 e. The van der Waals surface area contributed by atoms with Crippen molar-refractivity contribution in [3.05, 3.63) is 34.5 Å². The zero-order chi connectivity index (χ0) is 21.0. The molecule has 1 aliphatic rings. The third kappa shape index (κ3) is 5.04. The number of alkyl halides is 1. The highest BCUT2D eigenvalue weighted by Crippen LogP contribution is 2.27. The Morgan fingerprint density at radius 1 is 1.38 bits per heavy atom. The molecule has 1 amide bonds. The van der Waals surface area contributed by atoms with Crippen molar-refractivity contribution in [3.63, 3.8) is 0 Å². The number of carboxylic acids is 1. The number of carbonyl (C=O) groups is 2. The van der Waals surface area contributed by atoms with E-state index in [9.17, 15) is 18.8 Å². The van der Waals surface area contributed by atoms with Crippen LogP contribution in [0.5, 0.6) is 0 Å². The van der Waals surface area contributed by atoms with E-state index in [0.717, 1.165) is 41.2 Å². The van der Waals surface area contributed by atoms with Crippen LogP contribution in [0.2, 0.25) is 0 Å². The van der Waals surface area contributed by atoms with E-state index in [1.54, 1.807) is 4.90 Å². The lowest BCUT2D eigenvalue weighted by molar-refractivity contribution is -0.117. The van der Waals surface area contributed by atoms with Crippen molar-refractivity contribution in [1.29, 1.82) is 0 Å². The van der Waals surface area contributed by atoms with Crippen LogP contribution in [0.3, 0.4) is 0 Å². The molecule has 2 aromatic heterocycles. The van der Waals surface area contributed by atoms with Gasteiger partial charge in [0.15, 0.2) is 5.69 Å². The zero-order valence-corrected chi connectivity index (χ0v) is 16.1. The molecular weight excluding hydrogens is 383 g/mol. The number of anilines is 1. The van der Waals surface area contributed by atoms with Crippen LogP contribution in [0.15, 0.2) is 23.3 Å². The quantitative estimate of drug-likeness (QED) is 0.700. The summed E-state index contributed by atoms with van der Waals surface area (Å²) in [5.41, 5.74) is -0.206. The lowest BCUT2D eigenvalue weighted by Crippen LogP contribution is -2.38. The Kier molecular flexibility index (Phi) is 6.35. The first-order valence-electron chi connectivity index (χ1n) is 9.49. The number of rotatable bonds is 8. The summed E-state index contributed by atoms with van der Waals surface area (Å²) in [5, 5.41) is 19.9. The molecule has 1 atom stereocenters. The van der Waals surface area contributed by atoms with Crippen molar-refractivity contribution >= 4 is 17.6 Å². The highest BCUT2D eigenvalue weighted by atomic mass is 19.1. The molecule has 0 aliphatic heterocycles. The molecule has 0 saturated heterocycles. The molecular formula is C18H23FN6O4. The van der Waals surface area contributed by atoms with Gasteiger partial charge in [-0.1, -0.05) is 18.1 Å². The molecule has 1 unspecified atom stereocenters. The van der Waals surface area contributed by atoms with Crippen molar-refractivity contribution in [2.24, 2.45) is 0 Å². The molecule has 2 heterocycles. The van der Waals surface area contributed by atoms with Crippen LogP contribution in [-0.2, 0) is 17.9 Å². The molecule has 1 fully saturated rings. The highest BCUT2D eigenvalue weighted by molar-refractivity contribution is 5.91. The van der Waals surface area contributed by atoms with Gasteiger partial charge in [-0.25, -0.2) is 18.5 Å². The van der Waals surface area contributed by atoms with Gasteiger partial charge in [-0.05, 0) is 12.8 Å². The Morgan fingerprint density at radius 2 is 2.10 bits per heavy atom. The molecule has 1 aliphatic carbocycles. The maximum Gasteiger partial charge on any atom is 0.358 e. The monoisotopic (exact) mass is 406 g/mol. The fourth-order valence-electron chi connectivity index (χ4n) is 3.58. The second kappa shape index (κ2) is 8.93. The van der Waals surface area contributed by atoms with E-state index in [4.69, 9.17) is 5.11 Å². The molecule has 0 radical (unpaired) electrons. The number of carbonyl (C=O) groups excluding carboxylic acids is 1.